The molecule has 6 heteroatoms. The van der Waals surface area contributed by atoms with E-state index in [1.807, 2.05) is 0 Å². The number of phenolic OH excluding ortho intramolecular Hbond substituents is 2. The van der Waals surface area contributed by atoms with Gasteiger partial charge in [-0.15, -0.1) is 0 Å². The van der Waals surface area contributed by atoms with E-state index in [4.69, 9.17) is 5.73 Å². The van der Waals surface area contributed by atoms with E-state index < -0.39 is 0 Å². The molecule has 0 aromatic heterocycles. The molecule has 0 heterocycles. The number of nitrogen functional groups attached to an aromatic ring is 1. The molecule has 0 saturated heterocycles. The lowest BCUT2D eigenvalue weighted by Crippen LogP contribution is -2.22. The number of hydrogen-bond donors (Lipinski definition) is 4. The van der Waals surface area contributed by atoms with E-state index in [0.29, 0.717) is 21.3 Å². The number of rotatable bonds is 3. The van der Waals surface area contributed by atoms with Crippen LogP contribution in [0.1, 0.15) is 15.9 Å². The van der Waals surface area contributed by atoms with Gasteiger partial charge >= 0.3 is 0 Å². The number of carbonyl (C=O) groups excluding carboxylic acids is 1. The van der Waals surface area contributed by atoms with Crippen LogP contribution in [0.4, 0.5) is 5.69 Å². The molecule has 0 spiro atoms. The Bertz CT molecular complexity index is 659. The van der Waals surface area contributed by atoms with E-state index in [-0.39, 0.29) is 24.0 Å². The minimum absolute atomic E-state index is 0.00977. The van der Waals surface area contributed by atoms with Crippen LogP contribution in [0.5, 0.6) is 11.5 Å². The van der Waals surface area contributed by atoms with Gasteiger partial charge in [-0.3, -0.25) is 4.79 Å². The number of aromatic hydroxyl groups is 2. The first kappa shape index (κ1) is 14.2. The standard InChI is InChI=1S/C14H13BrN2O3/c15-11-3-1-8(6-13(11)19)14(20)17-7-9-5-10(16)2-4-12(9)18/h1-6,18-19H,7,16H2,(H,17,20). The second-order valence-electron chi connectivity index (χ2n) is 4.24. The molecule has 2 aromatic rings. The van der Waals surface area contributed by atoms with Gasteiger partial charge in [0.15, 0.2) is 0 Å². The number of anilines is 1. The van der Waals surface area contributed by atoms with Crippen molar-refractivity contribution in [1.82, 2.24) is 5.32 Å². The molecule has 5 N–H and O–H groups in total. The van der Waals surface area contributed by atoms with Crippen molar-refractivity contribution < 1.29 is 15.0 Å². The highest BCUT2D eigenvalue weighted by atomic mass is 79.9. The fourth-order valence-electron chi connectivity index (χ4n) is 1.68. The summed E-state index contributed by atoms with van der Waals surface area (Å²) in [6.07, 6.45) is 0. The summed E-state index contributed by atoms with van der Waals surface area (Å²) in [5, 5.41) is 21.8. The van der Waals surface area contributed by atoms with Crippen LogP contribution < -0.4 is 11.1 Å². The maximum absolute atomic E-state index is 11.9. The van der Waals surface area contributed by atoms with Gasteiger partial charge in [0.05, 0.1) is 4.47 Å². The third-order valence-corrected chi connectivity index (χ3v) is 3.42. The Labute approximate surface area is 124 Å². The number of nitrogens with one attached hydrogen (secondary N) is 1. The average Bonchev–Trinajstić information content (AvgIpc) is 2.42. The molecular formula is C14H13BrN2O3. The van der Waals surface area contributed by atoms with Crippen molar-refractivity contribution in [2.75, 3.05) is 5.73 Å². The van der Waals surface area contributed by atoms with Gasteiger partial charge in [-0.2, -0.15) is 0 Å². The predicted octanol–water partition coefficient (Wildman–Crippen LogP) is 2.37. The Balaban J connectivity index is 2.08. The number of amides is 1. The summed E-state index contributed by atoms with van der Waals surface area (Å²) in [4.78, 5) is 11.9. The Morgan fingerprint density at radius 3 is 2.60 bits per heavy atom. The van der Waals surface area contributed by atoms with Gasteiger partial charge in [0.2, 0.25) is 0 Å². The molecule has 0 bridgehead atoms. The third-order valence-electron chi connectivity index (χ3n) is 2.75. The van der Waals surface area contributed by atoms with E-state index in [9.17, 15) is 15.0 Å². The topological polar surface area (TPSA) is 95.6 Å². The van der Waals surface area contributed by atoms with Gasteiger partial charge in [-0.1, -0.05) is 0 Å². The molecule has 1 amide bonds. The second kappa shape index (κ2) is 5.83. The fraction of sp³-hybridized carbons (Fsp3) is 0.0714. The first-order valence-electron chi connectivity index (χ1n) is 5.81. The molecule has 2 aromatic carbocycles. The molecule has 20 heavy (non-hydrogen) atoms. The Kier molecular flexibility index (Phi) is 4.14. The molecule has 0 aliphatic rings. The third kappa shape index (κ3) is 3.21. The quantitative estimate of drug-likeness (QED) is 0.511. The van der Waals surface area contributed by atoms with Crippen molar-refractivity contribution in [3.8, 4) is 11.5 Å². The van der Waals surface area contributed by atoms with Gasteiger partial charge in [0, 0.05) is 23.4 Å². The average molecular weight is 337 g/mol. The lowest BCUT2D eigenvalue weighted by Gasteiger charge is -2.08. The first-order valence-corrected chi connectivity index (χ1v) is 6.61. The highest BCUT2D eigenvalue weighted by Crippen LogP contribution is 2.24. The van der Waals surface area contributed by atoms with Crippen LogP contribution in [0.25, 0.3) is 0 Å². The summed E-state index contributed by atoms with van der Waals surface area (Å²) in [5.41, 5.74) is 6.98. The first-order chi connectivity index (χ1) is 9.47. The molecule has 5 nitrogen and oxygen atoms in total. The van der Waals surface area contributed by atoms with E-state index in [1.54, 1.807) is 24.3 Å². The minimum atomic E-state index is -0.352. The van der Waals surface area contributed by atoms with Gasteiger partial charge in [0.25, 0.3) is 5.91 Å². The number of nitrogens with two attached hydrogens (primary N) is 1. The van der Waals surface area contributed by atoms with Crippen molar-refractivity contribution in [2.45, 2.75) is 6.54 Å². The Morgan fingerprint density at radius 1 is 1.15 bits per heavy atom. The molecule has 0 aliphatic heterocycles. The Morgan fingerprint density at radius 2 is 1.90 bits per heavy atom. The monoisotopic (exact) mass is 336 g/mol. The van der Waals surface area contributed by atoms with Crippen LogP contribution in [0.3, 0.4) is 0 Å². The zero-order valence-electron chi connectivity index (χ0n) is 10.4. The SMILES string of the molecule is Nc1ccc(O)c(CNC(=O)c2ccc(Br)c(O)c2)c1. The van der Waals surface area contributed by atoms with Crippen LogP contribution in [0.2, 0.25) is 0 Å². The van der Waals surface area contributed by atoms with Crippen molar-refractivity contribution in [3.05, 3.63) is 52.0 Å². The largest absolute Gasteiger partial charge is 0.508 e. The molecule has 0 atom stereocenters. The summed E-state index contributed by atoms with van der Waals surface area (Å²) in [5.74, 6) is -0.294. The van der Waals surface area contributed by atoms with Crippen molar-refractivity contribution >= 4 is 27.5 Å². The molecule has 0 radical (unpaired) electrons. The number of halogens is 1. The predicted molar refractivity (Wildman–Crippen MR) is 79.5 cm³/mol. The van der Waals surface area contributed by atoms with Gasteiger partial charge in [-0.05, 0) is 52.3 Å². The van der Waals surface area contributed by atoms with Gasteiger partial charge in [0.1, 0.15) is 11.5 Å². The van der Waals surface area contributed by atoms with Crippen molar-refractivity contribution in [2.24, 2.45) is 0 Å². The molecule has 0 fully saturated rings. The van der Waals surface area contributed by atoms with Crippen LogP contribution in [0.15, 0.2) is 40.9 Å². The van der Waals surface area contributed by atoms with E-state index in [2.05, 4.69) is 21.2 Å². The van der Waals surface area contributed by atoms with Crippen LogP contribution in [0, 0.1) is 0 Å². The molecule has 0 unspecified atom stereocenters. The number of carbonyl (C=O) groups is 1. The van der Waals surface area contributed by atoms with E-state index >= 15 is 0 Å². The maximum atomic E-state index is 11.9. The molecule has 2 rings (SSSR count). The molecule has 104 valence electrons. The number of benzene rings is 2. The molecule has 0 saturated carbocycles. The molecule has 0 aliphatic carbocycles. The van der Waals surface area contributed by atoms with Crippen LogP contribution in [-0.2, 0) is 6.54 Å². The van der Waals surface area contributed by atoms with Gasteiger partial charge < -0.3 is 21.3 Å². The molecular weight excluding hydrogens is 324 g/mol. The minimum Gasteiger partial charge on any atom is -0.508 e. The summed E-state index contributed by atoms with van der Waals surface area (Å²) in [7, 11) is 0. The second-order valence-corrected chi connectivity index (χ2v) is 5.09. The van der Waals surface area contributed by atoms with Crippen LogP contribution >= 0.6 is 15.9 Å². The summed E-state index contributed by atoms with van der Waals surface area (Å²) >= 11 is 3.14. The zero-order valence-corrected chi connectivity index (χ0v) is 12.0. The normalized spacial score (nSPS) is 10.2. The van der Waals surface area contributed by atoms with Crippen molar-refractivity contribution in [3.63, 3.8) is 0 Å². The summed E-state index contributed by atoms with van der Waals surface area (Å²) in [6.45, 7) is 0.145. The number of hydrogen-bond acceptors (Lipinski definition) is 4. The fourth-order valence-corrected chi connectivity index (χ4v) is 1.93. The van der Waals surface area contributed by atoms with Gasteiger partial charge in [-0.25, -0.2) is 0 Å². The smallest absolute Gasteiger partial charge is 0.251 e. The number of phenols is 2. The lowest BCUT2D eigenvalue weighted by atomic mass is 10.1. The van der Waals surface area contributed by atoms with Crippen LogP contribution in [-0.4, -0.2) is 16.1 Å². The van der Waals surface area contributed by atoms with Crippen molar-refractivity contribution in [1.29, 1.82) is 0 Å². The highest BCUT2D eigenvalue weighted by Gasteiger charge is 2.09. The maximum Gasteiger partial charge on any atom is 0.251 e. The summed E-state index contributed by atoms with van der Waals surface area (Å²) < 4.78 is 0.516. The lowest BCUT2D eigenvalue weighted by molar-refractivity contribution is 0.0950. The van der Waals surface area contributed by atoms with E-state index in [1.165, 1.54) is 12.1 Å². The summed E-state index contributed by atoms with van der Waals surface area (Å²) in [6, 6.07) is 9.17. The zero-order chi connectivity index (χ0) is 14.7. The highest BCUT2D eigenvalue weighted by molar-refractivity contribution is 9.10. The van der Waals surface area contributed by atoms with E-state index in [0.717, 1.165) is 0 Å². The Hall–Kier alpha value is -2.21.